The van der Waals surface area contributed by atoms with Crippen LogP contribution in [0.15, 0.2) is 42.5 Å². The van der Waals surface area contributed by atoms with Gasteiger partial charge in [-0.25, -0.2) is 0 Å². The normalized spacial score (nSPS) is 9.95. The predicted molar refractivity (Wildman–Crippen MR) is 86.3 cm³/mol. The van der Waals surface area contributed by atoms with Gasteiger partial charge in [-0.2, -0.15) is 0 Å². The van der Waals surface area contributed by atoms with Crippen LogP contribution < -0.4 is 14.8 Å². The van der Waals surface area contributed by atoms with Crippen molar-refractivity contribution in [2.45, 2.75) is 0 Å². The molecular formula is C15H14ClNO2S. The minimum Gasteiger partial charge on any atom is -0.496 e. The summed E-state index contributed by atoms with van der Waals surface area (Å²) in [7, 11) is 3.20. The maximum atomic E-state index is 5.86. The second kappa shape index (κ2) is 6.59. The van der Waals surface area contributed by atoms with Crippen LogP contribution in [0.5, 0.6) is 11.5 Å². The van der Waals surface area contributed by atoms with Gasteiger partial charge in [0.25, 0.3) is 0 Å². The number of ether oxygens (including phenoxy) is 2. The molecule has 0 fully saturated rings. The van der Waals surface area contributed by atoms with E-state index in [1.165, 1.54) is 0 Å². The zero-order valence-electron chi connectivity index (χ0n) is 11.1. The fourth-order valence-electron chi connectivity index (χ4n) is 1.80. The van der Waals surface area contributed by atoms with Crippen LogP contribution in [0.25, 0.3) is 0 Å². The number of thiocarbonyl (C=S) groups is 1. The Bertz CT molecular complexity index is 592. The first-order valence-corrected chi connectivity index (χ1v) is 6.72. The number of hydrogen-bond acceptors (Lipinski definition) is 3. The molecule has 0 amide bonds. The lowest BCUT2D eigenvalue weighted by atomic mass is 10.1. The first-order chi connectivity index (χ1) is 9.65. The van der Waals surface area contributed by atoms with Crippen LogP contribution in [-0.4, -0.2) is 19.2 Å². The van der Waals surface area contributed by atoms with Gasteiger partial charge >= 0.3 is 0 Å². The van der Waals surface area contributed by atoms with E-state index < -0.39 is 0 Å². The van der Waals surface area contributed by atoms with E-state index in [0.29, 0.717) is 21.5 Å². The number of anilines is 1. The lowest BCUT2D eigenvalue weighted by Crippen LogP contribution is -2.13. The van der Waals surface area contributed by atoms with Crippen molar-refractivity contribution in [1.82, 2.24) is 0 Å². The van der Waals surface area contributed by atoms with Gasteiger partial charge in [-0.15, -0.1) is 0 Å². The van der Waals surface area contributed by atoms with E-state index >= 15 is 0 Å². The van der Waals surface area contributed by atoms with E-state index in [0.717, 1.165) is 11.3 Å². The summed E-state index contributed by atoms with van der Waals surface area (Å²) < 4.78 is 10.7. The molecule has 0 spiro atoms. The van der Waals surface area contributed by atoms with Crippen LogP contribution >= 0.6 is 23.8 Å². The molecule has 104 valence electrons. The third kappa shape index (κ3) is 3.21. The van der Waals surface area contributed by atoms with E-state index in [4.69, 9.17) is 33.3 Å². The van der Waals surface area contributed by atoms with Crippen LogP contribution in [0, 0.1) is 0 Å². The maximum Gasteiger partial charge on any atom is 0.132 e. The Kier molecular flexibility index (Phi) is 4.82. The molecule has 1 N–H and O–H groups in total. The molecule has 0 bridgehead atoms. The van der Waals surface area contributed by atoms with E-state index in [1.54, 1.807) is 26.4 Å². The van der Waals surface area contributed by atoms with Gasteiger partial charge < -0.3 is 14.8 Å². The summed E-state index contributed by atoms with van der Waals surface area (Å²) in [5.74, 6) is 1.33. The molecule has 0 radical (unpaired) electrons. The number of halogens is 1. The van der Waals surface area contributed by atoms with Crippen molar-refractivity contribution in [3.63, 3.8) is 0 Å². The second-order valence-corrected chi connectivity index (χ2v) is 4.84. The van der Waals surface area contributed by atoms with Crippen molar-refractivity contribution in [1.29, 1.82) is 0 Å². The summed E-state index contributed by atoms with van der Waals surface area (Å²) in [4.78, 5) is 0.529. The topological polar surface area (TPSA) is 30.5 Å². The quantitative estimate of drug-likeness (QED) is 0.860. The molecular weight excluding hydrogens is 294 g/mol. The Labute approximate surface area is 128 Å². The van der Waals surface area contributed by atoms with Gasteiger partial charge in [0.2, 0.25) is 0 Å². The van der Waals surface area contributed by atoms with E-state index in [1.807, 2.05) is 30.3 Å². The highest BCUT2D eigenvalue weighted by Gasteiger charge is 2.14. The number of benzene rings is 2. The standard InChI is InChI=1S/C15H14ClNO2S/c1-18-12-4-3-5-13(19-2)14(12)15(20)17-11-8-6-10(16)7-9-11/h3-9H,1-2H3,(H,17,20). The Morgan fingerprint density at radius 3 is 2.05 bits per heavy atom. The van der Waals surface area contributed by atoms with E-state index in [9.17, 15) is 0 Å². The molecule has 0 aliphatic rings. The minimum absolute atomic E-state index is 0.529. The van der Waals surface area contributed by atoms with Crippen molar-refractivity contribution in [2.24, 2.45) is 0 Å². The molecule has 0 unspecified atom stereocenters. The fourth-order valence-corrected chi connectivity index (χ4v) is 2.25. The van der Waals surface area contributed by atoms with Gasteiger partial charge in [-0.3, -0.25) is 0 Å². The van der Waals surface area contributed by atoms with Gasteiger partial charge in [0.05, 0.1) is 19.8 Å². The van der Waals surface area contributed by atoms with Crippen molar-refractivity contribution < 1.29 is 9.47 Å². The SMILES string of the molecule is COc1cccc(OC)c1C(=S)Nc1ccc(Cl)cc1. The summed E-state index contributed by atoms with van der Waals surface area (Å²) >= 11 is 11.3. The predicted octanol–water partition coefficient (Wildman–Crippen LogP) is 4.14. The van der Waals surface area contributed by atoms with Crippen LogP contribution in [-0.2, 0) is 0 Å². The van der Waals surface area contributed by atoms with Gasteiger partial charge in [-0.1, -0.05) is 29.9 Å². The Morgan fingerprint density at radius 1 is 1.00 bits per heavy atom. The van der Waals surface area contributed by atoms with Crippen LogP contribution in [0.4, 0.5) is 5.69 Å². The third-order valence-corrected chi connectivity index (χ3v) is 3.32. The van der Waals surface area contributed by atoms with Crippen molar-refractivity contribution in [3.8, 4) is 11.5 Å². The zero-order chi connectivity index (χ0) is 14.5. The number of methoxy groups -OCH3 is 2. The molecule has 20 heavy (non-hydrogen) atoms. The van der Waals surface area contributed by atoms with Gasteiger partial charge in [0.1, 0.15) is 16.5 Å². The first kappa shape index (κ1) is 14.6. The third-order valence-electron chi connectivity index (χ3n) is 2.76. The van der Waals surface area contributed by atoms with Gasteiger partial charge in [0.15, 0.2) is 0 Å². The Balaban J connectivity index is 2.31. The molecule has 0 heterocycles. The number of nitrogens with one attached hydrogen (secondary N) is 1. The summed E-state index contributed by atoms with van der Waals surface area (Å²) in [6, 6.07) is 12.8. The molecule has 0 atom stereocenters. The molecule has 2 rings (SSSR count). The Hall–Kier alpha value is -1.78. The smallest absolute Gasteiger partial charge is 0.132 e. The average molecular weight is 308 g/mol. The van der Waals surface area contributed by atoms with E-state index in [-0.39, 0.29) is 0 Å². The lowest BCUT2D eigenvalue weighted by molar-refractivity contribution is 0.393. The maximum absolute atomic E-state index is 5.86. The first-order valence-electron chi connectivity index (χ1n) is 5.93. The van der Waals surface area contributed by atoms with Crippen LogP contribution in [0.1, 0.15) is 5.56 Å². The highest BCUT2D eigenvalue weighted by atomic mass is 35.5. The van der Waals surface area contributed by atoms with Gasteiger partial charge in [0, 0.05) is 10.7 Å². The molecule has 5 heteroatoms. The van der Waals surface area contributed by atoms with Crippen molar-refractivity contribution >= 4 is 34.5 Å². The van der Waals surface area contributed by atoms with E-state index in [2.05, 4.69) is 5.32 Å². The minimum atomic E-state index is 0.529. The molecule has 0 aromatic heterocycles. The molecule has 3 nitrogen and oxygen atoms in total. The zero-order valence-corrected chi connectivity index (χ0v) is 12.7. The summed E-state index contributed by atoms with van der Waals surface area (Å²) in [6.07, 6.45) is 0. The largest absolute Gasteiger partial charge is 0.496 e. The summed E-state index contributed by atoms with van der Waals surface area (Å²) in [6.45, 7) is 0. The fraction of sp³-hybridized carbons (Fsp3) is 0.133. The average Bonchev–Trinajstić information content (AvgIpc) is 2.48. The highest BCUT2D eigenvalue weighted by Crippen LogP contribution is 2.29. The molecule has 2 aromatic carbocycles. The molecule has 0 aliphatic heterocycles. The van der Waals surface area contributed by atoms with Crippen LogP contribution in [0.3, 0.4) is 0 Å². The summed E-state index contributed by atoms with van der Waals surface area (Å²) in [5, 5.41) is 3.82. The molecule has 2 aromatic rings. The van der Waals surface area contributed by atoms with Crippen molar-refractivity contribution in [3.05, 3.63) is 53.1 Å². The van der Waals surface area contributed by atoms with Crippen LogP contribution in [0.2, 0.25) is 5.02 Å². The molecule has 0 saturated carbocycles. The monoisotopic (exact) mass is 307 g/mol. The highest BCUT2D eigenvalue weighted by molar-refractivity contribution is 7.81. The number of rotatable bonds is 4. The molecule has 0 saturated heterocycles. The number of hydrogen-bond donors (Lipinski definition) is 1. The lowest BCUT2D eigenvalue weighted by Gasteiger charge is -2.15. The second-order valence-electron chi connectivity index (χ2n) is 4.00. The summed E-state index contributed by atoms with van der Waals surface area (Å²) in [5.41, 5.74) is 1.58. The Morgan fingerprint density at radius 2 is 1.55 bits per heavy atom. The van der Waals surface area contributed by atoms with Crippen molar-refractivity contribution in [2.75, 3.05) is 19.5 Å². The molecule has 0 aliphatic carbocycles. The van der Waals surface area contributed by atoms with Gasteiger partial charge in [-0.05, 0) is 36.4 Å².